The number of carbonyl (C=O) groups is 1. The van der Waals surface area contributed by atoms with Gasteiger partial charge in [-0.2, -0.15) is 0 Å². The fourth-order valence-corrected chi connectivity index (χ4v) is 3.11. The molecule has 8 heteroatoms. The summed E-state index contributed by atoms with van der Waals surface area (Å²) in [6, 6.07) is 5.82. The molecule has 146 valence electrons. The SMILES string of the molecule is C[C@H](CNC(=O)N(C)Cc1cc(-c2cccnc2)no1)N1CCN(C)CC1. The number of nitrogens with one attached hydrogen (secondary N) is 1. The van der Waals surface area contributed by atoms with Crippen LogP contribution in [-0.2, 0) is 6.54 Å². The lowest BCUT2D eigenvalue weighted by Crippen LogP contribution is -2.52. The number of hydrogen-bond donors (Lipinski definition) is 1. The number of urea groups is 1. The van der Waals surface area contributed by atoms with E-state index in [-0.39, 0.29) is 6.03 Å². The monoisotopic (exact) mass is 372 g/mol. The quantitative estimate of drug-likeness (QED) is 0.828. The van der Waals surface area contributed by atoms with Crippen LogP contribution < -0.4 is 5.32 Å². The highest BCUT2D eigenvalue weighted by molar-refractivity contribution is 5.73. The van der Waals surface area contributed by atoms with E-state index in [0.717, 1.165) is 37.4 Å². The van der Waals surface area contributed by atoms with Crippen LogP contribution in [0.15, 0.2) is 35.1 Å². The van der Waals surface area contributed by atoms with Gasteiger partial charge in [0, 0.05) is 69.8 Å². The summed E-state index contributed by atoms with van der Waals surface area (Å²) >= 11 is 0. The zero-order valence-electron chi connectivity index (χ0n) is 16.3. The van der Waals surface area contributed by atoms with Crippen LogP contribution in [0.3, 0.4) is 0 Å². The van der Waals surface area contributed by atoms with Crippen LogP contribution in [0.4, 0.5) is 4.79 Å². The number of pyridine rings is 1. The molecule has 2 aromatic rings. The highest BCUT2D eigenvalue weighted by Gasteiger charge is 2.20. The van der Waals surface area contributed by atoms with E-state index in [2.05, 4.69) is 39.2 Å². The summed E-state index contributed by atoms with van der Waals surface area (Å²) < 4.78 is 5.36. The molecule has 1 aliphatic heterocycles. The first-order valence-corrected chi connectivity index (χ1v) is 9.30. The maximum absolute atomic E-state index is 12.4. The number of nitrogens with zero attached hydrogens (tertiary/aromatic N) is 5. The van der Waals surface area contributed by atoms with Crippen molar-refractivity contribution in [2.24, 2.45) is 0 Å². The number of piperazine rings is 1. The van der Waals surface area contributed by atoms with Crippen molar-refractivity contribution < 1.29 is 9.32 Å². The molecule has 0 radical (unpaired) electrons. The van der Waals surface area contributed by atoms with Crippen molar-refractivity contribution in [2.45, 2.75) is 19.5 Å². The van der Waals surface area contributed by atoms with Crippen molar-refractivity contribution in [3.63, 3.8) is 0 Å². The van der Waals surface area contributed by atoms with Gasteiger partial charge in [-0.05, 0) is 26.1 Å². The third kappa shape index (κ3) is 5.27. The van der Waals surface area contributed by atoms with Crippen molar-refractivity contribution in [1.82, 2.24) is 30.2 Å². The minimum Gasteiger partial charge on any atom is -0.359 e. The normalized spacial score (nSPS) is 16.9. The van der Waals surface area contributed by atoms with Crippen LogP contribution in [0.1, 0.15) is 12.7 Å². The Morgan fingerprint density at radius 1 is 1.37 bits per heavy atom. The summed E-state index contributed by atoms with van der Waals surface area (Å²) in [5.41, 5.74) is 1.61. The lowest BCUT2D eigenvalue weighted by Gasteiger charge is -2.36. The van der Waals surface area contributed by atoms with E-state index >= 15 is 0 Å². The molecule has 0 spiro atoms. The van der Waals surface area contributed by atoms with Crippen LogP contribution in [0.5, 0.6) is 0 Å². The predicted octanol–water partition coefficient (Wildman–Crippen LogP) is 1.51. The molecule has 3 heterocycles. The molecular formula is C19H28N6O2. The Bertz CT molecular complexity index is 727. The molecule has 1 saturated heterocycles. The summed E-state index contributed by atoms with van der Waals surface area (Å²) in [4.78, 5) is 22.8. The van der Waals surface area contributed by atoms with Crippen molar-refractivity contribution >= 4 is 6.03 Å². The Morgan fingerprint density at radius 2 is 2.15 bits per heavy atom. The second kappa shape index (κ2) is 8.96. The van der Waals surface area contributed by atoms with Crippen molar-refractivity contribution in [2.75, 3.05) is 46.8 Å². The summed E-state index contributed by atoms with van der Waals surface area (Å²) in [5.74, 6) is 0.638. The molecule has 1 N–H and O–H groups in total. The summed E-state index contributed by atoms with van der Waals surface area (Å²) in [5, 5.41) is 7.07. The summed E-state index contributed by atoms with van der Waals surface area (Å²) in [7, 11) is 3.89. The Morgan fingerprint density at radius 3 is 2.85 bits per heavy atom. The van der Waals surface area contributed by atoms with Gasteiger partial charge >= 0.3 is 6.03 Å². The number of aromatic nitrogens is 2. The van der Waals surface area contributed by atoms with E-state index in [0.29, 0.717) is 24.9 Å². The van der Waals surface area contributed by atoms with Crippen LogP contribution >= 0.6 is 0 Å². The van der Waals surface area contributed by atoms with Gasteiger partial charge in [0.15, 0.2) is 5.76 Å². The lowest BCUT2D eigenvalue weighted by atomic mass is 10.2. The first-order chi connectivity index (χ1) is 13.0. The molecule has 1 atom stereocenters. The third-order valence-electron chi connectivity index (χ3n) is 4.97. The van der Waals surface area contributed by atoms with Gasteiger partial charge in [-0.15, -0.1) is 0 Å². The minimum absolute atomic E-state index is 0.115. The van der Waals surface area contributed by atoms with E-state index in [9.17, 15) is 4.79 Å². The Hall–Kier alpha value is -2.45. The molecule has 0 bridgehead atoms. The van der Waals surface area contributed by atoms with Crippen LogP contribution in [0, 0.1) is 0 Å². The van der Waals surface area contributed by atoms with E-state index < -0.39 is 0 Å². The van der Waals surface area contributed by atoms with E-state index in [1.807, 2.05) is 18.2 Å². The molecule has 0 saturated carbocycles. The number of hydrogen-bond acceptors (Lipinski definition) is 6. The third-order valence-corrected chi connectivity index (χ3v) is 4.97. The average molecular weight is 372 g/mol. The largest absolute Gasteiger partial charge is 0.359 e. The standard InChI is InChI=1S/C19H28N6O2/c1-15(25-9-7-23(2)8-10-25)12-21-19(26)24(3)14-17-11-18(22-27-17)16-5-4-6-20-13-16/h4-6,11,13,15H,7-10,12,14H2,1-3H3,(H,21,26)/t15-/m1/s1. The van der Waals surface area contributed by atoms with Gasteiger partial charge in [0.25, 0.3) is 0 Å². The van der Waals surface area contributed by atoms with Crippen molar-refractivity contribution in [1.29, 1.82) is 0 Å². The minimum atomic E-state index is -0.115. The second-order valence-electron chi connectivity index (χ2n) is 7.15. The maximum Gasteiger partial charge on any atom is 0.317 e. The number of rotatable bonds is 6. The van der Waals surface area contributed by atoms with E-state index in [1.54, 1.807) is 24.3 Å². The van der Waals surface area contributed by atoms with Crippen LogP contribution in [-0.4, -0.2) is 83.7 Å². The van der Waals surface area contributed by atoms with Gasteiger partial charge in [0.2, 0.25) is 0 Å². The zero-order valence-corrected chi connectivity index (χ0v) is 16.3. The van der Waals surface area contributed by atoms with Gasteiger partial charge in [-0.1, -0.05) is 5.16 Å². The Balaban J connectivity index is 1.46. The summed E-state index contributed by atoms with van der Waals surface area (Å²) in [6.45, 7) is 7.37. The Labute approximate surface area is 160 Å². The first-order valence-electron chi connectivity index (χ1n) is 9.30. The van der Waals surface area contributed by atoms with Gasteiger partial charge < -0.3 is 19.6 Å². The topological polar surface area (TPSA) is 77.7 Å². The smallest absolute Gasteiger partial charge is 0.317 e. The molecule has 0 unspecified atom stereocenters. The molecule has 0 aliphatic carbocycles. The fourth-order valence-electron chi connectivity index (χ4n) is 3.11. The van der Waals surface area contributed by atoms with Crippen molar-refractivity contribution in [3.8, 4) is 11.3 Å². The number of amides is 2. The van der Waals surface area contributed by atoms with Crippen LogP contribution in [0.2, 0.25) is 0 Å². The molecule has 8 nitrogen and oxygen atoms in total. The molecule has 1 fully saturated rings. The van der Waals surface area contributed by atoms with Gasteiger partial charge in [-0.25, -0.2) is 4.79 Å². The lowest BCUT2D eigenvalue weighted by molar-refractivity contribution is 0.117. The number of carbonyl (C=O) groups excluding carboxylic acids is 1. The number of likely N-dealkylation sites (N-methyl/N-ethyl adjacent to an activating group) is 1. The summed E-state index contributed by atoms with van der Waals surface area (Å²) in [6.07, 6.45) is 3.45. The molecule has 3 rings (SSSR count). The first kappa shape index (κ1) is 19.3. The second-order valence-corrected chi connectivity index (χ2v) is 7.15. The highest BCUT2D eigenvalue weighted by atomic mass is 16.5. The molecule has 2 aromatic heterocycles. The highest BCUT2D eigenvalue weighted by Crippen LogP contribution is 2.18. The average Bonchev–Trinajstić information content (AvgIpc) is 3.15. The van der Waals surface area contributed by atoms with Crippen LogP contribution in [0.25, 0.3) is 11.3 Å². The molecule has 2 amide bonds. The van der Waals surface area contributed by atoms with Gasteiger partial charge in [0.1, 0.15) is 5.69 Å². The molecule has 0 aromatic carbocycles. The van der Waals surface area contributed by atoms with E-state index in [4.69, 9.17) is 4.52 Å². The van der Waals surface area contributed by atoms with E-state index in [1.165, 1.54) is 0 Å². The zero-order chi connectivity index (χ0) is 19.2. The molecule has 27 heavy (non-hydrogen) atoms. The molecule has 1 aliphatic rings. The van der Waals surface area contributed by atoms with Crippen molar-refractivity contribution in [3.05, 3.63) is 36.4 Å². The predicted molar refractivity (Wildman–Crippen MR) is 103 cm³/mol. The Kier molecular flexibility index (Phi) is 6.41. The fraction of sp³-hybridized carbons (Fsp3) is 0.526. The molecular weight excluding hydrogens is 344 g/mol. The van der Waals surface area contributed by atoms with Gasteiger partial charge in [0.05, 0.1) is 6.54 Å². The van der Waals surface area contributed by atoms with Gasteiger partial charge in [-0.3, -0.25) is 9.88 Å². The maximum atomic E-state index is 12.4.